The van der Waals surface area contributed by atoms with E-state index < -0.39 is 16.0 Å². The maximum Gasteiger partial charge on any atom is 0.281 e. The van der Waals surface area contributed by atoms with Gasteiger partial charge in [-0.15, -0.1) is 0 Å². The van der Waals surface area contributed by atoms with Crippen LogP contribution in [0, 0.1) is 28.5 Å². The predicted molar refractivity (Wildman–Crippen MR) is 134 cm³/mol. The molecule has 1 aromatic heterocycles. The zero-order valence-electron chi connectivity index (χ0n) is 20.7. The molecule has 0 atom stereocenters. The highest BCUT2D eigenvalue weighted by Gasteiger charge is 2.50. The number of pyridine rings is 1. The lowest BCUT2D eigenvalue weighted by molar-refractivity contribution is 0.0695. The molecule has 2 aliphatic heterocycles. The van der Waals surface area contributed by atoms with Crippen molar-refractivity contribution in [3.63, 3.8) is 0 Å². The highest BCUT2D eigenvalue weighted by Crippen LogP contribution is 2.55. The number of aromatic nitrogens is 1. The Labute approximate surface area is 211 Å². The Morgan fingerprint density at radius 3 is 2.39 bits per heavy atom. The summed E-state index contributed by atoms with van der Waals surface area (Å²) in [5, 5.41) is 10.2. The number of piperazine rings is 1. The molecule has 3 heterocycles. The number of piperidine rings is 1. The summed E-state index contributed by atoms with van der Waals surface area (Å²) in [5.41, 5.74) is 1.50. The van der Waals surface area contributed by atoms with Gasteiger partial charge in [-0.25, -0.2) is 4.39 Å². The molecular weight excluding hydrogens is 483 g/mol. The third kappa shape index (κ3) is 4.31. The number of benzene rings is 1. The summed E-state index contributed by atoms with van der Waals surface area (Å²) in [4.78, 5) is 21.9. The summed E-state index contributed by atoms with van der Waals surface area (Å²) in [7, 11) is -0.564. The highest BCUT2D eigenvalue weighted by atomic mass is 32.2. The van der Waals surface area contributed by atoms with Crippen LogP contribution in [-0.2, 0) is 10.2 Å². The Kier molecular flexibility index (Phi) is 6.39. The summed E-state index contributed by atoms with van der Waals surface area (Å²) >= 11 is 0. The van der Waals surface area contributed by atoms with Gasteiger partial charge in [0.15, 0.2) is 0 Å². The van der Waals surface area contributed by atoms with Crippen LogP contribution in [0.1, 0.15) is 36.0 Å². The van der Waals surface area contributed by atoms with Crippen molar-refractivity contribution < 1.29 is 17.6 Å². The molecule has 11 heteroatoms. The standard InChI is InChI=1S/C25H31FN6O3S/c1-29(2)36(34,35)32-13-11-31(12-14-32)24(33)21-16-28-22-4-3-19(26)15-20(22)23(21)30-9-5-18(6-10-30)25(17-27)7-8-25/h3-4,15-16,18H,5-14H2,1-2H3. The first-order valence-corrected chi connectivity index (χ1v) is 13.8. The lowest BCUT2D eigenvalue weighted by Gasteiger charge is -2.38. The van der Waals surface area contributed by atoms with E-state index in [2.05, 4.69) is 16.0 Å². The van der Waals surface area contributed by atoms with Gasteiger partial charge in [0.05, 0.1) is 28.3 Å². The molecule has 0 spiro atoms. The molecule has 1 aliphatic carbocycles. The predicted octanol–water partition coefficient (Wildman–Crippen LogP) is 2.46. The van der Waals surface area contributed by atoms with Gasteiger partial charge in [-0.05, 0) is 49.8 Å². The fourth-order valence-electron chi connectivity index (χ4n) is 5.57. The van der Waals surface area contributed by atoms with Crippen molar-refractivity contribution in [2.45, 2.75) is 25.7 Å². The average Bonchev–Trinajstić information content (AvgIpc) is 3.69. The molecule has 2 saturated heterocycles. The fourth-order valence-corrected chi connectivity index (χ4v) is 6.66. The van der Waals surface area contributed by atoms with Gasteiger partial charge in [-0.1, -0.05) is 0 Å². The SMILES string of the molecule is CN(C)S(=O)(=O)N1CCN(C(=O)c2cnc3ccc(F)cc3c2N2CCC(C3(C#N)CC3)CC2)CC1. The molecule has 2 aromatic rings. The van der Waals surface area contributed by atoms with Crippen molar-refractivity contribution in [1.82, 2.24) is 18.5 Å². The van der Waals surface area contributed by atoms with E-state index in [1.54, 1.807) is 17.2 Å². The van der Waals surface area contributed by atoms with Crippen molar-refractivity contribution in [3.05, 3.63) is 35.8 Å². The van der Waals surface area contributed by atoms with E-state index in [9.17, 15) is 22.9 Å². The number of hydrogen-bond donors (Lipinski definition) is 0. The molecule has 5 rings (SSSR count). The van der Waals surface area contributed by atoms with Crippen LogP contribution in [0.25, 0.3) is 10.9 Å². The second kappa shape index (κ2) is 9.25. The van der Waals surface area contributed by atoms with Gasteiger partial charge in [0.2, 0.25) is 0 Å². The highest BCUT2D eigenvalue weighted by molar-refractivity contribution is 7.86. The number of nitriles is 1. The number of hydrogen-bond acceptors (Lipinski definition) is 6. The van der Waals surface area contributed by atoms with Gasteiger partial charge in [-0.3, -0.25) is 9.78 Å². The van der Waals surface area contributed by atoms with E-state index in [0.29, 0.717) is 41.2 Å². The molecule has 3 fully saturated rings. The Morgan fingerprint density at radius 2 is 1.81 bits per heavy atom. The number of fused-ring (bicyclic) bond motifs is 1. The molecule has 1 amide bonds. The molecule has 1 aromatic carbocycles. The van der Waals surface area contributed by atoms with Gasteiger partial charge in [0.25, 0.3) is 16.1 Å². The topological polar surface area (TPSA) is 101 Å². The van der Waals surface area contributed by atoms with Crippen LogP contribution < -0.4 is 4.90 Å². The number of halogens is 1. The summed E-state index contributed by atoms with van der Waals surface area (Å²) in [6, 6.07) is 6.93. The van der Waals surface area contributed by atoms with Crippen molar-refractivity contribution in [1.29, 1.82) is 5.26 Å². The van der Waals surface area contributed by atoms with Gasteiger partial charge >= 0.3 is 0 Å². The normalized spacial score (nSPS) is 21.1. The zero-order chi connectivity index (χ0) is 25.7. The fraction of sp³-hybridized carbons (Fsp3) is 0.560. The minimum atomic E-state index is -3.54. The first kappa shape index (κ1) is 24.9. The summed E-state index contributed by atoms with van der Waals surface area (Å²) in [6.07, 6.45) is 5.17. The van der Waals surface area contributed by atoms with Crippen LogP contribution in [0.4, 0.5) is 10.1 Å². The number of carbonyl (C=O) groups excluding carboxylic acids is 1. The van der Waals surface area contributed by atoms with Crippen LogP contribution in [-0.4, -0.2) is 86.2 Å². The van der Waals surface area contributed by atoms with E-state index in [-0.39, 0.29) is 37.5 Å². The van der Waals surface area contributed by atoms with Crippen molar-refractivity contribution >= 4 is 32.7 Å². The van der Waals surface area contributed by atoms with E-state index in [0.717, 1.165) is 25.7 Å². The molecule has 0 bridgehead atoms. The summed E-state index contributed by atoms with van der Waals surface area (Å²) in [5.74, 6) is -0.285. The number of carbonyl (C=O) groups is 1. The molecule has 1 saturated carbocycles. The zero-order valence-corrected chi connectivity index (χ0v) is 21.5. The third-order valence-electron chi connectivity index (χ3n) is 7.95. The Balaban J connectivity index is 1.42. The first-order valence-electron chi connectivity index (χ1n) is 12.4. The molecule has 9 nitrogen and oxygen atoms in total. The quantitative estimate of drug-likeness (QED) is 0.608. The number of anilines is 1. The molecule has 36 heavy (non-hydrogen) atoms. The lowest BCUT2D eigenvalue weighted by Crippen LogP contribution is -2.53. The monoisotopic (exact) mass is 514 g/mol. The first-order chi connectivity index (χ1) is 17.2. The van der Waals surface area contributed by atoms with Gasteiger partial charge in [-0.2, -0.15) is 22.3 Å². The molecule has 0 N–H and O–H groups in total. The smallest absolute Gasteiger partial charge is 0.281 e. The van der Waals surface area contributed by atoms with E-state index in [1.165, 1.54) is 34.8 Å². The maximum absolute atomic E-state index is 14.3. The minimum absolute atomic E-state index is 0.191. The second-order valence-corrected chi connectivity index (χ2v) is 12.3. The number of nitrogens with zero attached hydrogens (tertiary/aromatic N) is 6. The van der Waals surface area contributed by atoms with Crippen LogP contribution >= 0.6 is 0 Å². The van der Waals surface area contributed by atoms with Crippen LogP contribution in [0.2, 0.25) is 0 Å². The molecule has 192 valence electrons. The van der Waals surface area contributed by atoms with Crippen LogP contribution in [0.5, 0.6) is 0 Å². The Bertz CT molecular complexity index is 1320. The van der Waals surface area contributed by atoms with Crippen molar-refractivity contribution in [2.24, 2.45) is 11.3 Å². The Hall–Kier alpha value is -2.81. The van der Waals surface area contributed by atoms with Gasteiger partial charge in [0, 0.05) is 64.9 Å². The molecule has 0 radical (unpaired) electrons. The molecule has 3 aliphatic rings. The second-order valence-electron chi connectivity index (χ2n) is 10.2. The van der Waals surface area contributed by atoms with E-state index >= 15 is 0 Å². The average molecular weight is 515 g/mol. The number of amides is 1. The van der Waals surface area contributed by atoms with Gasteiger partial charge in [0.1, 0.15) is 5.82 Å². The third-order valence-corrected chi connectivity index (χ3v) is 9.89. The van der Waals surface area contributed by atoms with E-state index in [4.69, 9.17) is 0 Å². The minimum Gasteiger partial charge on any atom is -0.370 e. The molecule has 0 unspecified atom stereocenters. The van der Waals surface area contributed by atoms with Crippen LogP contribution in [0.3, 0.4) is 0 Å². The van der Waals surface area contributed by atoms with Crippen molar-refractivity contribution in [2.75, 3.05) is 58.3 Å². The van der Waals surface area contributed by atoms with E-state index in [1.807, 2.05) is 0 Å². The largest absolute Gasteiger partial charge is 0.370 e. The maximum atomic E-state index is 14.3. The Morgan fingerprint density at radius 1 is 1.14 bits per heavy atom. The lowest BCUT2D eigenvalue weighted by atomic mass is 9.82. The van der Waals surface area contributed by atoms with Gasteiger partial charge < -0.3 is 9.80 Å². The summed E-state index contributed by atoms with van der Waals surface area (Å²) in [6.45, 7) is 2.30. The number of rotatable bonds is 5. The van der Waals surface area contributed by atoms with Crippen molar-refractivity contribution in [3.8, 4) is 6.07 Å². The molecular formula is C25H31FN6O3S. The van der Waals surface area contributed by atoms with Crippen LogP contribution in [0.15, 0.2) is 24.4 Å². The summed E-state index contributed by atoms with van der Waals surface area (Å²) < 4.78 is 41.8.